The third-order valence-electron chi connectivity index (χ3n) is 3.55. The van der Waals surface area contributed by atoms with Gasteiger partial charge in [-0.05, 0) is 36.2 Å². The Labute approximate surface area is 128 Å². The monoisotopic (exact) mass is 302 g/mol. The molecule has 0 bridgehead atoms. The maximum absolute atomic E-state index is 13.2. The molecule has 2 aromatic carbocycles. The number of aromatic nitrogens is 2. The van der Waals surface area contributed by atoms with Gasteiger partial charge < -0.3 is 4.57 Å². The van der Waals surface area contributed by atoms with Crippen molar-refractivity contribution in [2.45, 2.75) is 26.3 Å². The Hall–Kier alpha value is -1.87. The highest BCUT2D eigenvalue weighted by Gasteiger charge is 2.11. The predicted molar refractivity (Wildman–Crippen MR) is 84.2 cm³/mol. The van der Waals surface area contributed by atoms with Crippen LogP contribution < -0.4 is 0 Å². The highest BCUT2D eigenvalue weighted by Crippen LogP contribution is 2.23. The quantitative estimate of drug-likeness (QED) is 0.675. The first-order chi connectivity index (χ1) is 10.2. The van der Waals surface area contributed by atoms with Crippen LogP contribution in [0.25, 0.3) is 11.0 Å². The van der Waals surface area contributed by atoms with Gasteiger partial charge >= 0.3 is 0 Å². The van der Waals surface area contributed by atoms with Gasteiger partial charge in [0.2, 0.25) is 0 Å². The van der Waals surface area contributed by atoms with Crippen LogP contribution in [0.2, 0.25) is 5.02 Å². The molecular formula is C17H16ClFN2. The maximum atomic E-state index is 13.2. The lowest BCUT2D eigenvalue weighted by Gasteiger charge is -2.10. The number of hydrogen-bond donors (Lipinski definition) is 0. The summed E-state index contributed by atoms with van der Waals surface area (Å²) in [6.45, 7) is 2.74. The second-order valence-electron chi connectivity index (χ2n) is 5.09. The second kappa shape index (κ2) is 5.86. The third-order valence-corrected chi connectivity index (χ3v) is 3.90. The molecular weight excluding hydrogens is 287 g/mol. The number of nitrogens with zero attached hydrogens (tertiary/aromatic N) is 2. The number of para-hydroxylation sites is 2. The average Bonchev–Trinajstić information content (AvgIpc) is 2.80. The molecule has 4 heteroatoms. The summed E-state index contributed by atoms with van der Waals surface area (Å²) < 4.78 is 15.3. The molecule has 1 heterocycles. The van der Waals surface area contributed by atoms with Crippen LogP contribution >= 0.6 is 11.6 Å². The summed E-state index contributed by atoms with van der Waals surface area (Å²) in [5.41, 5.74) is 2.97. The molecule has 0 saturated carbocycles. The van der Waals surface area contributed by atoms with Crippen molar-refractivity contribution in [2.75, 3.05) is 0 Å². The van der Waals surface area contributed by atoms with Crippen molar-refractivity contribution in [1.82, 2.24) is 9.55 Å². The van der Waals surface area contributed by atoms with Crippen molar-refractivity contribution in [1.29, 1.82) is 0 Å². The average molecular weight is 303 g/mol. The zero-order chi connectivity index (χ0) is 14.8. The topological polar surface area (TPSA) is 17.8 Å². The molecule has 0 radical (unpaired) electrons. The lowest BCUT2D eigenvalue weighted by atomic mass is 10.2. The Morgan fingerprint density at radius 1 is 1.19 bits per heavy atom. The van der Waals surface area contributed by atoms with Crippen LogP contribution in [0.3, 0.4) is 0 Å². The van der Waals surface area contributed by atoms with Crippen molar-refractivity contribution in [3.05, 3.63) is 64.7 Å². The molecule has 0 N–H and O–H groups in total. The van der Waals surface area contributed by atoms with Crippen molar-refractivity contribution in [3.8, 4) is 0 Å². The molecule has 21 heavy (non-hydrogen) atoms. The molecule has 0 unspecified atom stereocenters. The lowest BCUT2D eigenvalue weighted by Crippen LogP contribution is -2.05. The Morgan fingerprint density at radius 3 is 2.76 bits per heavy atom. The summed E-state index contributed by atoms with van der Waals surface area (Å²) in [5, 5.41) is 0.454. The van der Waals surface area contributed by atoms with Gasteiger partial charge in [-0.1, -0.05) is 36.7 Å². The van der Waals surface area contributed by atoms with Crippen LogP contribution in [0.1, 0.15) is 24.7 Å². The summed E-state index contributed by atoms with van der Waals surface area (Å²) in [6, 6.07) is 12.6. The molecule has 0 atom stereocenters. The van der Waals surface area contributed by atoms with Crippen molar-refractivity contribution < 1.29 is 4.39 Å². The van der Waals surface area contributed by atoms with E-state index in [9.17, 15) is 4.39 Å². The normalized spacial score (nSPS) is 11.2. The minimum Gasteiger partial charge on any atom is -0.323 e. The molecule has 0 amide bonds. The molecule has 3 rings (SSSR count). The van der Waals surface area contributed by atoms with Crippen LogP contribution in [-0.4, -0.2) is 9.55 Å². The van der Waals surface area contributed by atoms with Gasteiger partial charge in [-0.2, -0.15) is 0 Å². The molecule has 2 nitrogen and oxygen atoms in total. The Morgan fingerprint density at radius 2 is 2.00 bits per heavy atom. The summed E-state index contributed by atoms with van der Waals surface area (Å²) in [7, 11) is 0. The smallest absolute Gasteiger partial charge is 0.124 e. The molecule has 0 aliphatic heterocycles. The molecule has 0 aliphatic carbocycles. The molecule has 0 saturated heterocycles. The van der Waals surface area contributed by atoms with Gasteiger partial charge in [0.15, 0.2) is 0 Å². The van der Waals surface area contributed by atoms with Gasteiger partial charge in [0.1, 0.15) is 11.6 Å². The Bertz CT molecular complexity index is 780. The molecule has 0 aliphatic rings. The summed E-state index contributed by atoms with van der Waals surface area (Å²) in [6.07, 6.45) is 1.94. The highest BCUT2D eigenvalue weighted by atomic mass is 35.5. The zero-order valence-electron chi connectivity index (χ0n) is 11.8. The molecule has 1 aromatic heterocycles. The fraction of sp³-hybridized carbons (Fsp3) is 0.235. The van der Waals surface area contributed by atoms with Crippen LogP contribution in [0.15, 0.2) is 42.5 Å². The maximum Gasteiger partial charge on any atom is 0.124 e. The van der Waals surface area contributed by atoms with Crippen LogP contribution in [-0.2, 0) is 13.0 Å². The Kier molecular flexibility index (Phi) is 3.93. The second-order valence-corrected chi connectivity index (χ2v) is 5.50. The number of imidazole rings is 1. The number of halogens is 2. The van der Waals surface area contributed by atoms with Crippen LogP contribution in [0, 0.1) is 5.82 Å². The standard InChI is InChI=1S/C17H16ClFN2/c1-2-5-17-20-15-6-3-4-7-16(15)21(17)11-12-8-9-13(19)10-14(12)18/h3-4,6-10H,2,5,11H2,1H3. The first kappa shape index (κ1) is 14.1. The number of benzene rings is 2. The van der Waals surface area contributed by atoms with E-state index in [2.05, 4.69) is 17.6 Å². The molecule has 0 fully saturated rings. The van der Waals surface area contributed by atoms with E-state index in [0.29, 0.717) is 11.6 Å². The van der Waals surface area contributed by atoms with E-state index < -0.39 is 0 Å². The molecule has 108 valence electrons. The van der Waals surface area contributed by atoms with E-state index >= 15 is 0 Å². The first-order valence-corrected chi connectivity index (χ1v) is 7.45. The minimum absolute atomic E-state index is 0.312. The number of fused-ring (bicyclic) bond motifs is 1. The van der Waals surface area contributed by atoms with Gasteiger partial charge in [0, 0.05) is 11.4 Å². The lowest BCUT2D eigenvalue weighted by molar-refractivity contribution is 0.626. The van der Waals surface area contributed by atoms with E-state index in [-0.39, 0.29) is 5.82 Å². The third kappa shape index (κ3) is 2.79. The fourth-order valence-electron chi connectivity index (χ4n) is 2.54. The molecule has 0 spiro atoms. The van der Waals surface area contributed by atoms with E-state index in [1.165, 1.54) is 12.1 Å². The largest absolute Gasteiger partial charge is 0.323 e. The summed E-state index contributed by atoms with van der Waals surface area (Å²) in [4.78, 5) is 4.69. The minimum atomic E-state index is -0.312. The van der Waals surface area contributed by atoms with E-state index in [0.717, 1.165) is 35.3 Å². The summed E-state index contributed by atoms with van der Waals surface area (Å²) >= 11 is 6.15. The SMILES string of the molecule is CCCc1nc2ccccc2n1Cc1ccc(F)cc1Cl. The number of hydrogen-bond acceptors (Lipinski definition) is 1. The van der Waals surface area contributed by atoms with E-state index in [1.54, 1.807) is 6.07 Å². The van der Waals surface area contributed by atoms with Crippen molar-refractivity contribution >= 4 is 22.6 Å². The van der Waals surface area contributed by atoms with Gasteiger partial charge in [0.25, 0.3) is 0 Å². The van der Waals surface area contributed by atoms with E-state index in [4.69, 9.17) is 16.6 Å². The predicted octanol–water partition coefficient (Wildman–Crippen LogP) is 4.83. The number of aryl methyl sites for hydroxylation is 1. The number of rotatable bonds is 4. The van der Waals surface area contributed by atoms with E-state index in [1.807, 2.05) is 18.2 Å². The van der Waals surface area contributed by atoms with Crippen molar-refractivity contribution in [3.63, 3.8) is 0 Å². The van der Waals surface area contributed by atoms with Gasteiger partial charge in [0.05, 0.1) is 17.6 Å². The highest BCUT2D eigenvalue weighted by molar-refractivity contribution is 6.31. The van der Waals surface area contributed by atoms with Gasteiger partial charge in [-0.25, -0.2) is 9.37 Å². The summed E-state index contributed by atoms with van der Waals surface area (Å²) in [5.74, 6) is 0.729. The van der Waals surface area contributed by atoms with Crippen LogP contribution in [0.4, 0.5) is 4.39 Å². The molecule has 3 aromatic rings. The van der Waals surface area contributed by atoms with Crippen LogP contribution in [0.5, 0.6) is 0 Å². The first-order valence-electron chi connectivity index (χ1n) is 7.07. The van der Waals surface area contributed by atoms with Gasteiger partial charge in [-0.15, -0.1) is 0 Å². The zero-order valence-corrected chi connectivity index (χ0v) is 12.6. The Balaban J connectivity index is 2.07. The fourth-order valence-corrected chi connectivity index (χ4v) is 2.76. The van der Waals surface area contributed by atoms with Crippen molar-refractivity contribution in [2.24, 2.45) is 0 Å². The van der Waals surface area contributed by atoms with Gasteiger partial charge in [-0.3, -0.25) is 0 Å².